The molecule has 0 unspecified atom stereocenters. The first-order valence-corrected chi connectivity index (χ1v) is 28.9. The Hall–Kier alpha value is -10.2. The van der Waals surface area contributed by atoms with Gasteiger partial charge >= 0.3 is 0 Å². The third-order valence-electron chi connectivity index (χ3n) is 16.8. The predicted octanol–water partition coefficient (Wildman–Crippen LogP) is 22.1. The van der Waals surface area contributed by atoms with E-state index in [2.05, 4.69) is 335 Å². The number of rotatable bonds is 14. The van der Waals surface area contributed by atoms with Crippen LogP contribution in [0, 0.1) is 0 Å². The van der Waals surface area contributed by atoms with Crippen LogP contribution in [0.5, 0.6) is 0 Å². The molecule has 1 spiro atoms. The summed E-state index contributed by atoms with van der Waals surface area (Å²) >= 11 is 0. The molecular formula is C78H62N4. The average Bonchev–Trinajstić information content (AvgIpc) is 3.95. The van der Waals surface area contributed by atoms with Crippen molar-refractivity contribution in [3.8, 4) is 33.4 Å². The van der Waals surface area contributed by atoms with Crippen molar-refractivity contribution >= 4 is 68.2 Å². The maximum absolute atomic E-state index is 2.52. The van der Waals surface area contributed by atoms with E-state index in [-0.39, 0.29) is 5.41 Å². The van der Waals surface area contributed by atoms with Crippen LogP contribution in [0.3, 0.4) is 0 Å². The molecule has 0 bridgehead atoms. The van der Waals surface area contributed by atoms with E-state index in [9.17, 15) is 0 Å². The third kappa shape index (κ3) is 9.58. The zero-order valence-corrected chi connectivity index (χ0v) is 45.8. The molecule has 4 heteroatoms. The van der Waals surface area contributed by atoms with Gasteiger partial charge in [-0.05, 0) is 209 Å². The van der Waals surface area contributed by atoms with Gasteiger partial charge in [-0.25, -0.2) is 0 Å². The summed E-state index contributed by atoms with van der Waals surface area (Å²) in [6.45, 7) is 0. The maximum atomic E-state index is 2.52. The van der Waals surface area contributed by atoms with E-state index in [1.165, 1.54) is 65.5 Å². The van der Waals surface area contributed by atoms with E-state index in [1.54, 1.807) is 0 Å². The van der Waals surface area contributed by atoms with Crippen LogP contribution >= 0.6 is 0 Å². The van der Waals surface area contributed by atoms with Crippen LogP contribution in [0.2, 0.25) is 0 Å². The normalized spacial score (nSPS) is 13.0. The van der Waals surface area contributed by atoms with Gasteiger partial charge in [-0.3, -0.25) is 0 Å². The van der Waals surface area contributed by atoms with Gasteiger partial charge in [0, 0.05) is 73.7 Å². The molecule has 0 saturated heterocycles. The number of fused-ring (bicyclic) bond motifs is 5. The van der Waals surface area contributed by atoms with Crippen LogP contribution in [0.1, 0.15) is 43.2 Å². The van der Waals surface area contributed by atoms with Gasteiger partial charge in [-0.15, -0.1) is 0 Å². The number of benzene rings is 12. The Morgan fingerprint density at radius 1 is 0.195 bits per heavy atom. The van der Waals surface area contributed by atoms with Gasteiger partial charge in [0.05, 0.1) is 0 Å². The van der Waals surface area contributed by atoms with E-state index in [0.717, 1.165) is 79.4 Å². The lowest BCUT2D eigenvalue weighted by atomic mass is 9.67. The van der Waals surface area contributed by atoms with Gasteiger partial charge in [-0.2, -0.15) is 0 Å². The lowest BCUT2D eigenvalue weighted by molar-refractivity contribution is 0.353. The summed E-state index contributed by atoms with van der Waals surface area (Å²) in [4.78, 5) is 9.33. The Balaban J connectivity index is 0.786. The van der Waals surface area contributed by atoms with Gasteiger partial charge in [0.15, 0.2) is 0 Å². The molecule has 0 atom stereocenters. The summed E-state index contributed by atoms with van der Waals surface area (Å²) in [6.07, 6.45) is 6.33. The minimum absolute atomic E-state index is 0.110. The molecule has 2 aliphatic rings. The van der Waals surface area contributed by atoms with Crippen molar-refractivity contribution in [3.05, 3.63) is 327 Å². The second kappa shape index (κ2) is 22.2. The molecule has 0 aromatic heterocycles. The smallest absolute Gasteiger partial charge is 0.0463 e. The highest BCUT2D eigenvalue weighted by Gasteiger charge is 2.43. The average molecular weight is 1060 g/mol. The first-order valence-electron chi connectivity index (χ1n) is 28.9. The molecular weight excluding hydrogens is 993 g/mol. The lowest BCUT2D eigenvalue weighted by Gasteiger charge is -2.36. The maximum Gasteiger partial charge on any atom is 0.0463 e. The molecule has 2 aliphatic carbocycles. The first kappa shape index (κ1) is 50.1. The van der Waals surface area contributed by atoms with Gasteiger partial charge in [0.2, 0.25) is 0 Å². The molecule has 394 valence electrons. The number of para-hydroxylation sites is 5. The van der Waals surface area contributed by atoms with Crippen LogP contribution in [0.25, 0.3) is 33.4 Å². The number of nitrogens with zero attached hydrogens (tertiary/aromatic N) is 4. The zero-order valence-electron chi connectivity index (χ0n) is 45.8. The largest absolute Gasteiger partial charge is 0.311 e. The Labute approximate surface area is 482 Å². The van der Waals surface area contributed by atoms with E-state index >= 15 is 0 Å². The molecule has 14 rings (SSSR count). The summed E-state index contributed by atoms with van der Waals surface area (Å²) in [6, 6.07) is 115. The van der Waals surface area contributed by atoms with E-state index < -0.39 is 0 Å². The lowest BCUT2D eigenvalue weighted by Crippen LogP contribution is -2.28. The summed E-state index contributed by atoms with van der Waals surface area (Å²) < 4.78 is 0. The molecule has 0 N–H and O–H groups in total. The Morgan fingerprint density at radius 3 is 0.768 bits per heavy atom. The summed E-state index contributed by atoms with van der Waals surface area (Å²) in [5.74, 6) is 0. The minimum atomic E-state index is 0.110. The fourth-order valence-electron chi connectivity index (χ4n) is 12.9. The Bertz CT molecular complexity index is 3990. The first-order chi connectivity index (χ1) is 40.6. The van der Waals surface area contributed by atoms with Crippen molar-refractivity contribution in [2.24, 2.45) is 0 Å². The van der Waals surface area contributed by atoms with E-state index in [0.29, 0.717) is 0 Å². The number of anilines is 12. The van der Waals surface area contributed by atoms with Gasteiger partial charge in [0.1, 0.15) is 0 Å². The van der Waals surface area contributed by atoms with Gasteiger partial charge in [-0.1, -0.05) is 183 Å². The Morgan fingerprint density at radius 2 is 0.439 bits per heavy atom. The number of hydrogen-bond donors (Lipinski definition) is 0. The molecule has 4 nitrogen and oxygen atoms in total. The van der Waals surface area contributed by atoms with Crippen molar-refractivity contribution in [3.63, 3.8) is 0 Å². The van der Waals surface area contributed by atoms with Crippen LogP contribution < -0.4 is 19.6 Å². The molecule has 12 aromatic carbocycles. The second-order valence-corrected chi connectivity index (χ2v) is 21.6. The van der Waals surface area contributed by atoms with Crippen molar-refractivity contribution in [2.45, 2.75) is 37.5 Å². The highest BCUT2D eigenvalue weighted by atomic mass is 15.2. The second-order valence-electron chi connectivity index (χ2n) is 21.6. The molecule has 0 aliphatic heterocycles. The molecule has 82 heavy (non-hydrogen) atoms. The van der Waals surface area contributed by atoms with Crippen LogP contribution in [0.15, 0.2) is 315 Å². The predicted molar refractivity (Wildman–Crippen MR) is 345 cm³/mol. The number of hydrogen-bond acceptors (Lipinski definition) is 4. The van der Waals surface area contributed by atoms with Crippen LogP contribution in [-0.2, 0) is 5.41 Å². The minimum Gasteiger partial charge on any atom is -0.311 e. The summed E-state index contributed by atoms with van der Waals surface area (Å²) in [5, 5.41) is 0. The fraction of sp³-hybridized carbons (Fsp3) is 0.0769. The van der Waals surface area contributed by atoms with Crippen LogP contribution in [-0.4, -0.2) is 0 Å². The third-order valence-corrected chi connectivity index (χ3v) is 16.8. The zero-order chi connectivity index (χ0) is 54.7. The van der Waals surface area contributed by atoms with Crippen molar-refractivity contribution in [1.29, 1.82) is 0 Å². The SMILES string of the molecule is c1ccc(N(c2ccccc2)c2ccc(N(c3ccccc3)c3ccc(-c4ccc(N(c5ccc(-c6ccc7c(c6)C6(CCCCC6)c6ccccc6-7)cc5)c5ccc(N(c6ccccc6)c6ccccc6)cc5)cc4)cc3)cc2)cc1. The monoisotopic (exact) mass is 1050 g/mol. The Kier molecular flexibility index (Phi) is 13.5. The standard InChI is InChI=1S/C78H62N4/c1-7-21-62(22-8-1)79(63-23-9-2-10-24-63)70-46-50-72(51-47-70)81(66-29-15-5-16-30-66)67-40-33-58(34-41-67)59-35-42-68(43-36-59)82(73-52-48-71(49-53-73)80(64-25-11-3-12-26-64)65-27-13-4-14-28-65)69-44-37-60(38-45-69)61-39-54-75-74-31-17-18-32-76(74)78(77(75)57-61)55-19-6-20-56-78/h1-5,7-18,21-54,57H,6,19-20,55-56H2. The molecule has 1 fully saturated rings. The summed E-state index contributed by atoms with van der Waals surface area (Å²) in [5.41, 5.74) is 23.9. The van der Waals surface area contributed by atoms with Crippen molar-refractivity contribution in [2.75, 3.05) is 19.6 Å². The summed E-state index contributed by atoms with van der Waals surface area (Å²) in [7, 11) is 0. The molecule has 0 radical (unpaired) electrons. The van der Waals surface area contributed by atoms with E-state index in [1.807, 2.05) is 0 Å². The highest BCUT2D eigenvalue weighted by Crippen LogP contribution is 2.56. The van der Waals surface area contributed by atoms with E-state index in [4.69, 9.17) is 0 Å². The van der Waals surface area contributed by atoms with Gasteiger partial charge < -0.3 is 19.6 Å². The van der Waals surface area contributed by atoms with Gasteiger partial charge in [0.25, 0.3) is 0 Å². The molecule has 0 heterocycles. The van der Waals surface area contributed by atoms with Crippen LogP contribution in [0.4, 0.5) is 68.2 Å². The highest BCUT2D eigenvalue weighted by molar-refractivity contribution is 5.87. The quantitative estimate of drug-likeness (QED) is 0.108. The molecule has 1 saturated carbocycles. The van der Waals surface area contributed by atoms with Crippen molar-refractivity contribution in [1.82, 2.24) is 0 Å². The fourth-order valence-corrected chi connectivity index (χ4v) is 12.9. The van der Waals surface area contributed by atoms with Crippen molar-refractivity contribution < 1.29 is 0 Å². The molecule has 0 amide bonds. The topological polar surface area (TPSA) is 13.0 Å². The molecule has 12 aromatic rings.